The minimum absolute atomic E-state index is 0.224. The first-order chi connectivity index (χ1) is 5.65. The van der Waals surface area contributed by atoms with Gasteiger partial charge in [-0.15, -0.1) is 0 Å². The number of aryl methyl sites for hydroxylation is 2. The second-order valence-electron chi connectivity index (χ2n) is 2.79. The summed E-state index contributed by atoms with van der Waals surface area (Å²) in [5.74, 6) is 5.22. The third-order valence-electron chi connectivity index (χ3n) is 1.71. The van der Waals surface area contributed by atoms with Crippen molar-refractivity contribution < 1.29 is 5.11 Å². The summed E-state index contributed by atoms with van der Waals surface area (Å²) in [6.07, 6.45) is 1.45. The molecule has 0 heterocycles. The maximum absolute atomic E-state index is 9.46. The summed E-state index contributed by atoms with van der Waals surface area (Å²) in [5.41, 5.74) is 2.68. The van der Waals surface area contributed by atoms with Gasteiger partial charge in [-0.05, 0) is 31.0 Å². The Kier molecular flexibility index (Phi) is 2.33. The lowest BCUT2D eigenvalue weighted by Gasteiger charge is -2.03. The molecular formula is C9H12N2O. The number of nitrogens with two attached hydrogens (primary N) is 1. The molecule has 0 aromatic heterocycles. The van der Waals surface area contributed by atoms with Crippen molar-refractivity contribution in [3.63, 3.8) is 0 Å². The largest absolute Gasteiger partial charge is 0.507 e. The standard InChI is InChI=1S/C9H12N2O/c1-6-3-7(2)8(5-11-10)9(12)4-6/h3-5,12H,10H2,1-2H3. The Morgan fingerprint density at radius 2 is 2.08 bits per heavy atom. The first-order valence-electron chi connectivity index (χ1n) is 3.68. The van der Waals surface area contributed by atoms with Crippen LogP contribution < -0.4 is 5.84 Å². The molecule has 0 saturated heterocycles. The van der Waals surface area contributed by atoms with Gasteiger partial charge in [0.25, 0.3) is 0 Å². The van der Waals surface area contributed by atoms with Crippen LogP contribution in [0.3, 0.4) is 0 Å². The molecule has 1 rings (SSSR count). The van der Waals surface area contributed by atoms with Gasteiger partial charge in [-0.3, -0.25) is 0 Å². The SMILES string of the molecule is Cc1cc(C)c(C=NN)c(O)c1. The second kappa shape index (κ2) is 3.26. The molecule has 0 saturated carbocycles. The zero-order chi connectivity index (χ0) is 9.14. The van der Waals surface area contributed by atoms with Crippen LogP contribution in [0, 0.1) is 13.8 Å². The van der Waals surface area contributed by atoms with Crippen LogP contribution >= 0.6 is 0 Å². The van der Waals surface area contributed by atoms with Gasteiger partial charge in [-0.25, -0.2) is 0 Å². The zero-order valence-electron chi connectivity index (χ0n) is 7.20. The van der Waals surface area contributed by atoms with Crippen molar-refractivity contribution in [3.8, 4) is 5.75 Å². The average Bonchev–Trinajstić information content (AvgIpc) is 1.96. The highest BCUT2D eigenvalue weighted by Crippen LogP contribution is 2.20. The summed E-state index contributed by atoms with van der Waals surface area (Å²) in [6, 6.07) is 3.65. The smallest absolute Gasteiger partial charge is 0.124 e. The van der Waals surface area contributed by atoms with E-state index in [4.69, 9.17) is 5.84 Å². The summed E-state index contributed by atoms with van der Waals surface area (Å²) < 4.78 is 0. The molecule has 3 heteroatoms. The van der Waals surface area contributed by atoms with Crippen LogP contribution in [0.5, 0.6) is 5.75 Å². The monoisotopic (exact) mass is 164 g/mol. The van der Waals surface area contributed by atoms with Gasteiger partial charge in [0.2, 0.25) is 0 Å². The molecule has 64 valence electrons. The molecule has 12 heavy (non-hydrogen) atoms. The predicted octanol–water partition coefficient (Wildman–Crippen LogP) is 1.30. The molecule has 3 nitrogen and oxygen atoms in total. The Hall–Kier alpha value is -1.51. The lowest BCUT2D eigenvalue weighted by molar-refractivity contribution is 0.473. The zero-order valence-corrected chi connectivity index (χ0v) is 7.20. The molecule has 0 fully saturated rings. The number of hydrogen-bond donors (Lipinski definition) is 2. The summed E-state index contributed by atoms with van der Waals surface area (Å²) in [7, 11) is 0. The van der Waals surface area contributed by atoms with Crippen LogP contribution in [-0.2, 0) is 0 Å². The van der Waals surface area contributed by atoms with Crippen molar-refractivity contribution in [2.75, 3.05) is 0 Å². The molecule has 1 aromatic carbocycles. The molecular weight excluding hydrogens is 152 g/mol. The van der Waals surface area contributed by atoms with Crippen LogP contribution in [0.1, 0.15) is 16.7 Å². The molecule has 0 unspecified atom stereocenters. The van der Waals surface area contributed by atoms with Crippen molar-refractivity contribution in [1.82, 2.24) is 0 Å². The van der Waals surface area contributed by atoms with E-state index in [-0.39, 0.29) is 5.75 Å². The molecule has 0 aliphatic carbocycles. The number of hydrazone groups is 1. The highest BCUT2D eigenvalue weighted by molar-refractivity contribution is 5.85. The van der Waals surface area contributed by atoms with Gasteiger partial charge in [0.1, 0.15) is 5.75 Å². The molecule has 0 aliphatic rings. The first kappa shape index (κ1) is 8.59. The Bertz CT molecular complexity index is 295. The fourth-order valence-electron chi connectivity index (χ4n) is 1.20. The molecule has 1 aromatic rings. The Balaban J connectivity index is 3.28. The van der Waals surface area contributed by atoms with Gasteiger partial charge < -0.3 is 10.9 Å². The highest BCUT2D eigenvalue weighted by atomic mass is 16.3. The number of phenolic OH excluding ortho intramolecular Hbond substituents is 1. The van der Waals surface area contributed by atoms with Crippen molar-refractivity contribution in [3.05, 3.63) is 28.8 Å². The van der Waals surface area contributed by atoms with Crippen molar-refractivity contribution in [1.29, 1.82) is 0 Å². The number of benzene rings is 1. The third kappa shape index (κ3) is 1.56. The van der Waals surface area contributed by atoms with Crippen LogP contribution in [0.4, 0.5) is 0 Å². The maximum Gasteiger partial charge on any atom is 0.124 e. The number of nitrogens with zero attached hydrogens (tertiary/aromatic N) is 1. The van der Waals surface area contributed by atoms with E-state index in [1.165, 1.54) is 6.21 Å². The summed E-state index contributed by atoms with van der Waals surface area (Å²) in [5, 5.41) is 12.8. The average molecular weight is 164 g/mol. The molecule has 0 atom stereocenters. The lowest BCUT2D eigenvalue weighted by Crippen LogP contribution is -1.92. The summed E-state index contributed by atoms with van der Waals surface area (Å²) >= 11 is 0. The van der Waals surface area contributed by atoms with E-state index in [0.717, 1.165) is 11.1 Å². The number of phenols is 1. The van der Waals surface area contributed by atoms with Gasteiger partial charge in [0.15, 0.2) is 0 Å². The topological polar surface area (TPSA) is 58.6 Å². The van der Waals surface area contributed by atoms with Crippen LogP contribution in [-0.4, -0.2) is 11.3 Å². The van der Waals surface area contributed by atoms with E-state index in [9.17, 15) is 5.11 Å². The van der Waals surface area contributed by atoms with Gasteiger partial charge in [0, 0.05) is 5.56 Å². The highest BCUT2D eigenvalue weighted by Gasteiger charge is 2.02. The predicted molar refractivity (Wildman–Crippen MR) is 49.4 cm³/mol. The van der Waals surface area contributed by atoms with E-state index in [2.05, 4.69) is 5.10 Å². The van der Waals surface area contributed by atoms with E-state index in [0.29, 0.717) is 5.56 Å². The van der Waals surface area contributed by atoms with E-state index >= 15 is 0 Å². The molecule has 0 radical (unpaired) electrons. The first-order valence-corrected chi connectivity index (χ1v) is 3.68. The fourth-order valence-corrected chi connectivity index (χ4v) is 1.20. The van der Waals surface area contributed by atoms with Crippen LogP contribution in [0.2, 0.25) is 0 Å². The van der Waals surface area contributed by atoms with Gasteiger partial charge in [0.05, 0.1) is 6.21 Å². The Morgan fingerprint density at radius 3 is 2.58 bits per heavy atom. The summed E-state index contributed by atoms with van der Waals surface area (Å²) in [4.78, 5) is 0. The van der Waals surface area contributed by atoms with Gasteiger partial charge in [-0.1, -0.05) is 6.07 Å². The van der Waals surface area contributed by atoms with Crippen molar-refractivity contribution >= 4 is 6.21 Å². The van der Waals surface area contributed by atoms with Gasteiger partial charge in [-0.2, -0.15) is 5.10 Å². The molecule has 3 N–H and O–H groups in total. The molecule has 0 amide bonds. The van der Waals surface area contributed by atoms with E-state index < -0.39 is 0 Å². The van der Waals surface area contributed by atoms with E-state index in [1.807, 2.05) is 19.9 Å². The van der Waals surface area contributed by atoms with Gasteiger partial charge >= 0.3 is 0 Å². The Labute approximate surface area is 71.5 Å². The lowest BCUT2D eigenvalue weighted by atomic mass is 10.1. The van der Waals surface area contributed by atoms with Crippen molar-refractivity contribution in [2.45, 2.75) is 13.8 Å². The summed E-state index contributed by atoms with van der Waals surface area (Å²) in [6.45, 7) is 3.83. The maximum atomic E-state index is 9.46. The normalized spacial score (nSPS) is 10.8. The Morgan fingerprint density at radius 1 is 1.42 bits per heavy atom. The minimum Gasteiger partial charge on any atom is -0.507 e. The number of rotatable bonds is 1. The molecule has 0 aliphatic heterocycles. The molecule has 0 bridgehead atoms. The minimum atomic E-state index is 0.224. The van der Waals surface area contributed by atoms with Crippen LogP contribution in [0.15, 0.2) is 17.2 Å². The quantitative estimate of drug-likeness (QED) is 0.373. The number of aromatic hydroxyl groups is 1. The third-order valence-corrected chi connectivity index (χ3v) is 1.71. The van der Waals surface area contributed by atoms with Crippen molar-refractivity contribution in [2.24, 2.45) is 10.9 Å². The van der Waals surface area contributed by atoms with E-state index in [1.54, 1.807) is 6.07 Å². The fraction of sp³-hybridized carbons (Fsp3) is 0.222. The number of hydrogen-bond acceptors (Lipinski definition) is 3. The molecule has 0 spiro atoms. The second-order valence-corrected chi connectivity index (χ2v) is 2.79. The van der Waals surface area contributed by atoms with Crippen LogP contribution in [0.25, 0.3) is 0 Å².